The summed E-state index contributed by atoms with van der Waals surface area (Å²) < 4.78 is 11.4. The van der Waals surface area contributed by atoms with Crippen LogP contribution in [0.25, 0.3) is 10.9 Å². The maximum absolute atomic E-state index is 12.1. The summed E-state index contributed by atoms with van der Waals surface area (Å²) in [5.41, 5.74) is 4.18. The highest BCUT2D eigenvalue weighted by Gasteiger charge is 2.22. The van der Waals surface area contributed by atoms with Crippen LogP contribution in [0, 0.1) is 6.92 Å². The molecule has 0 N–H and O–H groups in total. The third kappa shape index (κ3) is 4.99. The molecule has 3 heterocycles. The Bertz CT molecular complexity index is 1240. The van der Waals surface area contributed by atoms with Crippen molar-refractivity contribution < 1.29 is 14.3 Å². The van der Waals surface area contributed by atoms with Gasteiger partial charge in [0.1, 0.15) is 17.9 Å². The predicted octanol–water partition coefficient (Wildman–Crippen LogP) is 6.00. The second-order valence-corrected chi connectivity index (χ2v) is 8.35. The maximum Gasteiger partial charge on any atom is 0.410 e. The van der Waals surface area contributed by atoms with Gasteiger partial charge in [-0.15, -0.1) is 0 Å². The van der Waals surface area contributed by atoms with Crippen LogP contribution in [0.1, 0.15) is 30.2 Å². The molecular formula is C26H27ClN4O3. The largest absolute Gasteiger partial charge is 0.487 e. The number of halogens is 1. The van der Waals surface area contributed by atoms with E-state index in [4.69, 9.17) is 26.1 Å². The van der Waals surface area contributed by atoms with E-state index in [0.29, 0.717) is 30.5 Å². The minimum absolute atomic E-state index is 0.212. The number of benzene rings is 1. The number of carbonyl (C=O) groups is 1. The summed E-state index contributed by atoms with van der Waals surface area (Å²) in [6, 6.07) is 7.86. The van der Waals surface area contributed by atoms with Crippen LogP contribution >= 0.6 is 11.6 Å². The minimum Gasteiger partial charge on any atom is -0.487 e. The number of nitrogens with zero attached hydrogens (tertiary/aromatic N) is 4. The second kappa shape index (κ2) is 10.6. The molecule has 0 unspecified atom stereocenters. The molecule has 0 aliphatic carbocycles. The molecule has 2 aromatic heterocycles. The van der Waals surface area contributed by atoms with Gasteiger partial charge in [0.25, 0.3) is 0 Å². The molecule has 0 bridgehead atoms. The fourth-order valence-electron chi connectivity index (χ4n) is 3.96. The number of aromatic nitrogens is 2. The Hall–Kier alpha value is -3.58. The van der Waals surface area contributed by atoms with E-state index < -0.39 is 0 Å². The number of pyridine rings is 2. The SMILES string of the molecule is C=CN(/C=C\C)c1cc(C)nc2c(OCc3c(Cl)cncc3CN3CCCOC3=O)cccc12. The first-order valence-corrected chi connectivity index (χ1v) is 11.5. The number of hydrogen-bond donors (Lipinski definition) is 0. The van der Waals surface area contributed by atoms with E-state index in [2.05, 4.69) is 11.6 Å². The Morgan fingerprint density at radius 1 is 1.35 bits per heavy atom. The number of ether oxygens (including phenoxy) is 2. The Labute approximate surface area is 204 Å². The molecule has 1 saturated heterocycles. The summed E-state index contributed by atoms with van der Waals surface area (Å²) in [7, 11) is 0. The highest BCUT2D eigenvalue weighted by molar-refractivity contribution is 6.31. The van der Waals surface area contributed by atoms with Crippen LogP contribution in [-0.4, -0.2) is 34.1 Å². The number of carbonyl (C=O) groups excluding carboxylic acids is 1. The van der Waals surface area contributed by atoms with Crippen LogP contribution in [0.5, 0.6) is 5.75 Å². The summed E-state index contributed by atoms with van der Waals surface area (Å²) in [4.78, 5) is 24.7. The molecule has 1 aliphatic heterocycles. The molecule has 3 aromatic rings. The molecule has 176 valence electrons. The number of cyclic esters (lactones) is 1. The smallest absolute Gasteiger partial charge is 0.410 e. The van der Waals surface area contributed by atoms with E-state index in [9.17, 15) is 4.79 Å². The zero-order valence-electron chi connectivity index (χ0n) is 19.3. The quantitative estimate of drug-likeness (QED) is 0.395. The van der Waals surface area contributed by atoms with Gasteiger partial charge in [-0.05, 0) is 38.0 Å². The van der Waals surface area contributed by atoms with E-state index in [-0.39, 0.29) is 12.7 Å². The van der Waals surface area contributed by atoms with Gasteiger partial charge in [0.2, 0.25) is 0 Å². The summed E-state index contributed by atoms with van der Waals surface area (Å²) in [6.07, 6.45) is 9.43. The number of allylic oxidation sites excluding steroid dienone is 1. The van der Waals surface area contributed by atoms with Crippen LogP contribution in [0.3, 0.4) is 0 Å². The van der Waals surface area contributed by atoms with Crippen LogP contribution in [0.15, 0.2) is 61.7 Å². The monoisotopic (exact) mass is 478 g/mol. The van der Waals surface area contributed by atoms with Crippen molar-refractivity contribution in [1.29, 1.82) is 0 Å². The van der Waals surface area contributed by atoms with Crippen LogP contribution in [0.4, 0.5) is 10.5 Å². The first kappa shape index (κ1) is 23.6. The van der Waals surface area contributed by atoms with E-state index in [1.165, 1.54) is 0 Å². The number of hydrogen-bond acceptors (Lipinski definition) is 6. The van der Waals surface area contributed by atoms with Gasteiger partial charge in [0.15, 0.2) is 0 Å². The summed E-state index contributed by atoms with van der Waals surface area (Å²) in [5.74, 6) is 0.642. The molecule has 0 radical (unpaired) electrons. The number of para-hydroxylation sites is 1. The van der Waals surface area contributed by atoms with Crippen LogP contribution < -0.4 is 9.64 Å². The average Bonchev–Trinajstić information content (AvgIpc) is 2.83. The summed E-state index contributed by atoms with van der Waals surface area (Å²) in [6.45, 7) is 9.49. The number of amides is 1. The van der Waals surface area contributed by atoms with Crippen molar-refractivity contribution in [3.8, 4) is 5.75 Å². The molecule has 7 nitrogen and oxygen atoms in total. The molecule has 1 amide bonds. The van der Waals surface area contributed by atoms with Gasteiger partial charge in [-0.3, -0.25) is 4.98 Å². The minimum atomic E-state index is -0.327. The number of rotatable bonds is 8. The van der Waals surface area contributed by atoms with Crippen molar-refractivity contribution in [2.45, 2.75) is 33.4 Å². The number of anilines is 1. The van der Waals surface area contributed by atoms with Gasteiger partial charge < -0.3 is 19.3 Å². The number of fused-ring (bicyclic) bond motifs is 1. The molecule has 34 heavy (non-hydrogen) atoms. The lowest BCUT2D eigenvalue weighted by Crippen LogP contribution is -2.37. The fourth-order valence-corrected chi connectivity index (χ4v) is 4.19. The molecule has 4 rings (SSSR count). The molecule has 0 atom stereocenters. The third-order valence-electron chi connectivity index (χ3n) is 5.58. The van der Waals surface area contributed by atoms with Crippen molar-refractivity contribution in [1.82, 2.24) is 14.9 Å². The van der Waals surface area contributed by atoms with E-state index in [1.807, 2.05) is 55.3 Å². The third-order valence-corrected chi connectivity index (χ3v) is 5.90. The summed E-state index contributed by atoms with van der Waals surface area (Å²) in [5, 5.41) is 1.43. The first-order valence-electron chi connectivity index (χ1n) is 11.1. The van der Waals surface area contributed by atoms with Crippen LogP contribution in [0.2, 0.25) is 5.02 Å². The normalized spacial score (nSPS) is 13.9. The summed E-state index contributed by atoms with van der Waals surface area (Å²) >= 11 is 6.50. The lowest BCUT2D eigenvalue weighted by molar-refractivity contribution is 0.0698. The predicted molar refractivity (Wildman–Crippen MR) is 134 cm³/mol. The molecule has 1 aromatic carbocycles. The Balaban J connectivity index is 1.65. The van der Waals surface area contributed by atoms with E-state index in [0.717, 1.165) is 39.8 Å². The molecule has 1 aliphatic rings. The Morgan fingerprint density at radius 3 is 2.97 bits per heavy atom. The standard InChI is InChI=1S/C26H27ClN4O3/c1-4-10-30(5-2)23-13-18(3)29-25-20(23)8-6-9-24(25)34-17-21-19(14-28-15-22(21)27)16-31-11-7-12-33-26(31)32/h4-6,8-10,13-15H,2,7,11-12,16-17H2,1,3H3/b10-4-. The van der Waals surface area contributed by atoms with E-state index >= 15 is 0 Å². The topological polar surface area (TPSA) is 67.8 Å². The van der Waals surface area contributed by atoms with Crippen molar-refractivity contribution >= 4 is 34.3 Å². The highest BCUT2D eigenvalue weighted by atomic mass is 35.5. The molecule has 0 saturated carbocycles. The van der Waals surface area contributed by atoms with Gasteiger partial charge in [-0.25, -0.2) is 9.78 Å². The Morgan fingerprint density at radius 2 is 2.21 bits per heavy atom. The molecule has 0 spiro atoms. The van der Waals surface area contributed by atoms with Crippen molar-refractivity contribution in [2.75, 3.05) is 18.1 Å². The maximum atomic E-state index is 12.1. The lowest BCUT2D eigenvalue weighted by Gasteiger charge is -2.27. The van der Waals surface area contributed by atoms with Gasteiger partial charge in [-0.1, -0.05) is 36.4 Å². The Kier molecular flexibility index (Phi) is 7.33. The van der Waals surface area contributed by atoms with Crippen LogP contribution in [-0.2, 0) is 17.9 Å². The molecular weight excluding hydrogens is 452 g/mol. The van der Waals surface area contributed by atoms with E-state index in [1.54, 1.807) is 23.5 Å². The first-order chi connectivity index (χ1) is 16.5. The van der Waals surface area contributed by atoms with Crippen molar-refractivity contribution in [3.05, 3.63) is 83.6 Å². The number of aryl methyl sites for hydroxylation is 1. The fraction of sp³-hybridized carbons (Fsp3) is 0.269. The van der Waals surface area contributed by atoms with Gasteiger partial charge in [0.05, 0.1) is 23.9 Å². The van der Waals surface area contributed by atoms with Gasteiger partial charge in [-0.2, -0.15) is 0 Å². The van der Waals surface area contributed by atoms with Gasteiger partial charge in [0, 0.05) is 48.0 Å². The zero-order valence-corrected chi connectivity index (χ0v) is 20.1. The second-order valence-electron chi connectivity index (χ2n) is 7.94. The lowest BCUT2D eigenvalue weighted by atomic mass is 10.1. The highest BCUT2D eigenvalue weighted by Crippen LogP contribution is 2.34. The van der Waals surface area contributed by atoms with Crippen molar-refractivity contribution in [2.24, 2.45) is 0 Å². The van der Waals surface area contributed by atoms with Gasteiger partial charge >= 0.3 is 6.09 Å². The average molecular weight is 479 g/mol. The van der Waals surface area contributed by atoms with Crippen molar-refractivity contribution in [3.63, 3.8) is 0 Å². The molecule has 1 fully saturated rings. The zero-order chi connectivity index (χ0) is 24.1. The molecule has 8 heteroatoms.